The fourth-order valence-electron chi connectivity index (χ4n) is 3.43. The first-order valence-electron chi connectivity index (χ1n) is 6.48. The third-order valence-corrected chi connectivity index (χ3v) is 6.60. The number of fused-ring (bicyclic) bond motifs is 1. The monoisotopic (exact) mass is 283 g/mol. The summed E-state index contributed by atoms with van der Waals surface area (Å²) in [6.45, 7) is 2.28. The predicted octanol–water partition coefficient (Wildman–Crippen LogP) is 2.11. The largest absolute Gasteiger partial charge is 0.323 e. The number of thiol groups is 2. The van der Waals surface area contributed by atoms with Crippen LogP contribution in [-0.2, 0) is 6.42 Å². The minimum absolute atomic E-state index is 0.195. The Labute approximate surface area is 116 Å². The van der Waals surface area contributed by atoms with Crippen molar-refractivity contribution in [1.29, 1.82) is 0 Å². The number of rotatable bonds is 1. The molecule has 1 aliphatic heterocycles. The maximum absolute atomic E-state index is 6.52. The van der Waals surface area contributed by atoms with Crippen molar-refractivity contribution >= 4 is 21.8 Å². The van der Waals surface area contributed by atoms with Crippen LogP contribution in [0.15, 0.2) is 18.5 Å². The summed E-state index contributed by atoms with van der Waals surface area (Å²) in [6, 6.07) is 2.30. The topological polar surface area (TPSA) is 42.2 Å². The van der Waals surface area contributed by atoms with Gasteiger partial charge in [-0.3, -0.25) is 9.29 Å². The van der Waals surface area contributed by atoms with Crippen molar-refractivity contribution in [2.45, 2.75) is 25.3 Å². The molecule has 1 fully saturated rings. The van der Waals surface area contributed by atoms with Gasteiger partial charge in [0.25, 0.3) is 0 Å². The summed E-state index contributed by atoms with van der Waals surface area (Å²) in [5.74, 6) is 0. The first-order chi connectivity index (χ1) is 8.62. The van der Waals surface area contributed by atoms with E-state index in [1.807, 2.05) is 12.4 Å². The summed E-state index contributed by atoms with van der Waals surface area (Å²) in [7, 11) is -0.248. The van der Waals surface area contributed by atoms with Crippen molar-refractivity contribution in [1.82, 2.24) is 9.29 Å². The Morgan fingerprint density at radius 1 is 1.50 bits per heavy atom. The number of aromatic nitrogens is 1. The van der Waals surface area contributed by atoms with Gasteiger partial charge in [0.1, 0.15) is 0 Å². The zero-order valence-corrected chi connectivity index (χ0v) is 12.5. The molecule has 2 N–H and O–H groups in total. The molecule has 0 aromatic carbocycles. The predicted molar refractivity (Wildman–Crippen MR) is 82.0 cm³/mol. The van der Waals surface area contributed by atoms with Crippen LogP contribution in [0.5, 0.6) is 0 Å². The Bertz CT molecular complexity index is 442. The molecule has 18 heavy (non-hydrogen) atoms. The second kappa shape index (κ2) is 4.71. The van der Waals surface area contributed by atoms with Crippen molar-refractivity contribution in [3.05, 3.63) is 29.6 Å². The quantitative estimate of drug-likeness (QED) is 0.546. The average Bonchev–Trinajstić information content (AvgIpc) is 2.64. The molecule has 1 aromatic rings. The third-order valence-electron chi connectivity index (χ3n) is 4.62. The van der Waals surface area contributed by atoms with Crippen molar-refractivity contribution in [3.63, 3.8) is 0 Å². The molecule has 2 heterocycles. The van der Waals surface area contributed by atoms with Gasteiger partial charge in [0, 0.05) is 31.5 Å². The zero-order valence-electron chi connectivity index (χ0n) is 10.7. The Morgan fingerprint density at radius 2 is 2.22 bits per heavy atom. The van der Waals surface area contributed by atoms with Gasteiger partial charge < -0.3 is 5.73 Å². The molecule has 1 aliphatic carbocycles. The zero-order chi connectivity index (χ0) is 12.8. The van der Waals surface area contributed by atoms with Crippen molar-refractivity contribution < 1.29 is 0 Å². The summed E-state index contributed by atoms with van der Waals surface area (Å²) in [5, 5.41) is 0. The molecule has 100 valence electrons. The lowest BCUT2D eigenvalue weighted by Crippen LogP contribution is -2.42. The van der Waals surface area contributed by atoms with Gasteiger partial charge in [0.2, 0.25) is 0 Å². The van der Waals surface area contributed by atoms with E-state index in [0.29, 0.717) is 0 Å². The highest BCUT2D eigenvalue weighted by molar-refractivity contribution is 8.76. The first kappa shape index (κ1) is 12.8. The van der Waals surface area contributed by atoms with E-state index in [1.165, 1.54) is 24.0 Å². The summed E-state index contributed by atoms with van der Waals surface area (Å²) in [4.78, 5) is 4.24. The molecule has 1 unspecified atom stereocenters. The third kappa shape index (κ3) is 1.97. The maximum Gasteiger partial charge on any atom is 0.0360 e. The van der Waals surface area contributed by atoms with E-state index in [1.54, 1.807) is 0 Å². The summed E-state index contributed by atoms with van der Waals surface area (Å²) >= 11 is 4.59. The summed E-state index contributed by atoms with van der Waals surface area (Å²) < 4.78 is 2.50. The molecule has 0 amide bonds. The van der Waals surface area contributed by atoms with Crippen LogP contribution in [0.3, 0.4) is 0 Å². The lowest BCUT2D eigenvalue weighted by atomic mass is 9.73. The van der Waals surface area contributed by atoms with E-state index in [9.17, 15) is 0 Å². The van der Waals surface area contributed by atoms with Gasteiger partial charge in [-0.25, -0.2) is 0 Å². The lowest BCUT2D eigenvalue weighted by molar-refractivity contribution is 0.138. The molecular weight excluding hydrogens is 262 g/mol. The molecular formula is C13H21N3S2. The molecule has 5 heteroatoms. The Hall–Kier alpha value is -0.230. The highest BCUT2D eigenvalue weighted by atomic mass is 33.1. The molecule has 0 saturated carbocycles. The van der Waals surface area contributed by atoms with Gasteiger partial charge in [-0.15, -0.1) is 11.7 Å². The molecule has 2 atom stereocenters. The average molecular weight is 283 g/mol. The molecule has 0 bridgehead atoms. The van der Waals surface area contributed by atoms with Gasteiger partial charge in [-0.05, 0) is 48.1 Å². The highest BCUT2D eigenvalue weighted by Gasteiger charge is 2.46. The van der Waals surface area contributed by atoms with E-state index in [-0.39, 0.29) is 21.6 Å². The summed E-state index contributed by atoms with van der Waals surface area (Å²) in [6.07, 6.45) is 9.57. The van der Waals surface area contributed by atoms with E-state index in [4.69, 9.17) is 5.73 Å². The molecule has 2 aliphatic rings. The van der Waals surface area contributed by atoms with Crippen LogP contribution in [-0.4, -0.2) is 28.6 Å². The van der Waals surface area contributed by atoms with Crippen molar-refractivity contribution in [2.24, 2.45) is 11.1 Å². The van der Waals surface area contributed by atoms with Crippen LogP contribution in [0.2, 0.25) is 0 Å². The van der Waals surface area contributed by atoms with Gasteiger partial charge >= 0.3 is 0 Å². The van der Waals surface area contributed by atoms with Gasteiger partial charge in [-0.1, -0.05) is 0 Å². The second-order valence-corrected chi connectivity index (χ2v) is 8.82. The summed E-state index contributed by atoms with van der Waals surface area (Å²) in [5.41, 5.74) is 9.48. The van der Waals surface area contributed by atoms with Crippen LogP contribution in [0, 0.1) is 5.41 Å². The number of nitrogens with zero attached hydrogens (tertiary/aromatic N) is 2. The standard InChI is InChI=1S/C13H21N3S2/c1-18(17)16-6-3-13(4-7-16)8-10-9-15-5-2-11(10)12(13)14/h2,5,9,12,17-18H,3-4,6-8,14H2,1H3/t12-/m0/s1. The van der Waals surface area contributed by atoms with Gasteiger partial charge in [0.05, 0.1) is 0 Å². The molecule has 3 rings (SSSR count). The molecule has 3 nitrogen and oxygen atoms in total. The van der Waals surface area contributed by atoms with Crippen molar-refractivity contribution in [3.8, 4) is 0 Å². The van der Waals surface area contributed by atoms with E-state index in [0.717, 1.165) is 19.5 Å². The maximum atomic E-state index is 6.52. The van der Waals surface area contributed by atoms with Crippen LogP contribution < -0.4 is 5.73 Å². The number of hydrogen-bond acceptors (Lipinski definition) is 4. The molecule has 0 radical (unpaired) electrons. The van der Waals surface area contributed by atoms with E-state index < -0.39 is 0 Å². The minimum atomic E-state index is -0.248. The Morgan fingerprint density at radius 3 is 2.83 bits per heavy atom. The molecule has 1 saturated heterocycles. The normalized spacial score (nSPS) is 29.3. The molecule has 1 aromatic heterocycles. The molecule has 1 spiro atoms. The fraction of sp³-hybridized carbons (Fsp3) is 0.615. The minimum Gasteiger partial charge on any atom is -0.323 e. The van der Waals surface area contributed by atoms with Crippen LogP contribution in [0.25, 0.3) is 0 Å². The highest BCUT2D eigenvalue weighted by Crippen LogP contribution is 2.52. The number of nitrogens with two attached hydrogens (primary N) is 1. The Balaban J connectivity index is 1.80. The van der Waals surface area contributed by atoms with E-state index in [2.05, 4.69) is 33.3 Å². The number of hydrogen-bond donors (Lipinski definition) is 3. The van der Waals surface area contributed by atoms with Crippen molar-refractivity contribution in [2.75, 3.05) is 19.3 Å². The number of piperidine rings is 1. The van der Waals surface area contributed by atoms with Crippen LogP contribution in [0.1, 0.15) is 30.0 Å². The van der Waals surface area contributed by atoms with E-state index >= 15 is 0 Å². The lowest BCUT2D eigenvalue weighted by Gasteiger charge is -2.44. The SMILES string of the molecule is C[SH](S)N1CCC2(CC1)Cc1cnccc1[C@@H]2N. The second-order valence-electron chi connectivity index (χ2n) is 5.53. The Kier molecular flexibility index (Phi) is 3.34. The van der Waals surface area contributed by atoms with Crippen LogP contribution >= 0.6 is 21.8 Å². The van der Waals surface area contributed by atoms with Gasteiger partial charge in [0.15, 0.2) is 0 Å². The van der Waals surface area contributed by atoms with Gasteiger partial charge in [-0.2, -0.15) is 10.1 Å². The number of pyridine rings is 1. The smallest absolute Gasteiger partial charge is 0.0360 e. The fourth-order valence-corrected chi connectivity index (χ4v) is 4.74. The van der Waals surface area contributed by atoms with Crippen LogP contribution in [0.4, 0.5) is 0 Å². The first-order valence-corrected chi connectivity index (χ1v) is 9.38.